The van der Waals surface area contributed by atoms with Crippen molar-refractivity contribution < 1.29 is 18.3 Å². The average Bonchev–Trinajstić information content (AvgIpc) is 3.22. The molecule has 0 saturated carbocycles. The van der Waals surface area contributed by atoms with Crippen LogP contribution in [0.5, 0.6) is 5.88 Å². The Labute approximate surface area is 201 Å². The van der Waals surface area contributed by atoms with Crippen LogP contribution >= 0.6 is 0 Å². The lowest BCUT2D eigenvalue weighted by molar-refractivity contribution is -0.0529. The van der Waals surface area contributed by atoms with Crippen LogP contribution < -0.4 is 4.74 Å². The molecule has 3 aromatic heterocycles. The Morgan fingerprint density at radius 3 is 2.49 bits per heavy atom. The van der Waals surface area contributed by atoms with Gasteiger partial charge in [0.15, 0.2) is 0 Å². The minimum Gasteiger partial charge on any atom is -0.417 e. The predicted octanol–water partition coefficient (Wildman–Crippen LogP) is 4.26. The van der Waals surface area contributed by atoms with Gasteiger partial charge in [-0.2, -0.15) is 8.78 Å². The van der Waals surface area contributed by atoms with Crippen molar-refractivity contribution in [3.8, 4) is 17.1 Å². The highest BCUT2D eigenvalue weighted by Gasteiger charge is 2.25. The fraction of sp³-hybridized carbons (Fsp3) is 0.269. The molecule has 4 aromatic rings. The molecular weight excluding hydrogens is 452 g/mol. The van der Waals surface area contributed by atoms with Crippen LogP contribution in [-0.2, 0) is 6.54 Å². The highest BCUT2D eigenvalue weighted by molar-refractivity contribution is 5.92. The molecule has 0 N–H and O–H groups in total. The van der Waals surface area contributed by atoms with Gasteiger partial charge in [0.2, 0.25) is 5.88 Å². The van der Waals surface area contributed by atoms with Crippen molar-refractivity contribution in [2.45, 2.75) is 20.1 Å². The number of alkyl halides is 2. The summed E-state index contributed by atoms with van der Waals surface area (Å²) < 4.78 is 31.4. The van der Waals surface area contributed by atoms with Crippen LogP contribution in [0.2, 0.25) is 0 Å². The Balaban J connectivity index is 1.30. The van der Waals surface area contributed by atoms with Gasteiger partial charge in [0.05, 0.1) is 11.4 Å². The maximum atomic E-state index is 12.9. The van der Waals surface area contributed by atoms with Crippen LogP contribution in [0.4, 0.5) is 8.78 Å². The van der Waals surface area contributed by atoms with E-state index in [-0.39, 0.29) is 17.5 Å². The van der Waals surface area contributed by atoms with Crippen molar-refractivity contribution in [1.82, 2.24) is 24.2 Å². The lowest BCUT2D eigenvalue weighted by Gasteiger charge is -2.34. The first kappa shape index (κ1) is 22.9. The van der Waals surface area contributed by atoms with Crippen LogP contribution in [0.15, 0.2) is 66.9 Å². The number of aromatic nitrogens is 3. The number of ether oxygens (including phenoxy) is 1. The molecule has 1 aliphatic heterocycles. The first-order valence-electron chi connectivity index (χ1n) is 11.4. The number of nitrogens with zero attached hydrogens (tertiary/aromatic N) is 5. The van der Waals surface area contributed by atoms with Crippen LogP contribution in [0, 0.1) is 6.92 Å². The van der Waals surface area contributed by atoms with E-state index in [2.05, 4.69) is 50.2 Å². The number of pyridine rings is 2. The molecule has 0 bridgehead atoms. The molecule has 4 heterocycles. The van der Waals surface area contributed by atoms with Gasteiger partial charge in [0.25, 0.3) is 5.91 Å². The van der Waals surface area contributed by atoms with Gasteiger partial charge >= 0.3 is 6.61 Å². The number of hydrogen-bond acceptors (Lipinski definition) is 5. The molecule has 0 spiro atoms. The van der Waals surface area contributed by atoms with Gasteiger partial charge in [-0.25, -0.2) is 9.97 Å². The summed E-state index contributed by atoms with van der Waals surface area (Å²) in [5, 5.41) is 0. The van der Waals surface area contributed by atoms with E-state index >= 15 is 0 Å². The first-order chi connectivity index (χ1) is 17.0. The van der Waals surface area contributed by atoms with Crippen molar-refractivity contribution in [2.24, 2.45) is 0 Å². The second-order valence-corrected chi connectivity index (χ2v) is 8.51. The highest BCUT2D eigenvalue weighted by atomic mass is 19.3. The predicted molar refractivity (Wildman–Crippen MR) is 127 cm³/mol. The van der Waals surface area contributed by atoms with Crippen LogP contribution in [0.1, 0.15) is 21.7 Å². The summed E-state index contributed by atoms with van der Waals surface area (Å²) in [6.07, 6.45) is 2.02. The van der Waals surface area contributed by atoms with Crippen molar-refractivity contribution in [2.75, 3.05) is 26.2 Å². The minimum absolute atomic E-state index is 0.0973. The fourth-order valence-corrected chi connectivity index (χ4v) is 4.31. The number of amides is 1. The van der Waals surface area contributed by atoms with E-state index in [1.807, 2.05) is 24.4 Å². The second kappa shape index (κ2) is 9.79. The second-order valence-electron chi connectivity index (χ2n) is 8.51. The lowest BCUT2D eigenvalue weighted by atomic mass is 10.1. The van der Waals surface area contributed by atoms with Crippen LogP contribution in [-0.4, -0.2) is 62.9 Å². The van der Waals surface area contributed by atoms with Crippen LogP contribution in [0.3, 0.4) is 0 Å². The molecule has 1 amide bonds. The fourth-order valence-electron chi connectivity index (χ4n) is 4.31. The Morgan fingerprint density at radius 2 is 1.74 bits per heavy atom. The standard InChI is InChI=1S/C26H25F2N5O2/c1-18-8-10-19(11-9-18)24-21(33-12-3-2-6-22(33)30-24)17-31-13-15-32(16-14-31)25(34)20-5-4-7-23(29-20)35-26(27)28/h2-12,26H,13-17H2,1H3. The molecule has 0 radical (unpaired) electrons. The number of carbonyl (C=O) groups is 1. The van der Waals surface area contributed by atoms with Gasteiger partial charge in [0.1, 0.15) is 11.3 Å². The number of benzene rings is 1. The van der Waals surface area contributed by atoms with E-state index in [1.54, 1.807) is 4.90 Å². The average molecular weight is 478 g/mol. The summed E-state index contributed by atoms with van der Waals surface area (Å²) in [5.74, 6) is -0.555. The van der Waals surface area contributed by atoms with Crippen LogP contribution in [0.25, 0.3) is 16.9 Å². The number of aryl methyl sites for hydroxylation is 1. The summed E-state index contributed by atoms with van der Waals surface area (Å²) >= 11 is 0. The summed E-state index contributed by atoms with van der Waals surface area (Å²) in [5.41, 5.74) is 5.31. The summed E-state index contributed by atoms with van der Waals surface area (Å²) in [6, 6.07) is 18.6. The zero-order chi connectivity index (χ0) is 24.4. The summed E-state index contributed by atoms with van der Waals surface area (Å²) in [7, 11) is 0. The molecule has 0 aliphatic carbocycles. The molecule has 9 heteroatoms. The van der Waals surface area contributed by atoms with Crippen molar-refractivity contribution in [3.63, 3.8) is 0 Å². The molecule has 1 aromatic carbocycles. The van der Waals surface area contributed by atoms with E-state index in [0.717, 1.165) is 22.6 Å². The third kappa shape index (κ3) is 5.00. The smallest absolute Gasteiger partial charge is 0.388 e. The zero-order valence-corrected chi connectivity index (χ0v) is 19.3. The molecular formula is C26H25F2N5O2. The maximum Gasteiger partial charge on any atom is 0.388 e. The molecule has 35 heavy (non-hydrogen) atoms. The third-order valence-electron chi connectivity index (χ3n) is 6.14. The molecule has 7 nitrogen and oxygen atoms in total. The topological polar surface area (TPSA) is 63.0 Å². The Kier molecular flexibility index (Phi) is 6.41. The highest BCUT2D eigenvalue weighted by Crippen LogP contribution is 2.26. The number of fused-ring (bicyclic) bond motifs is 1. The number of rotatable bonds is 6. The first-order valence-corrected chi connectivity index (χ1v) is 11.4. The molecule has 5 rings (SSSR count). The molecule has 180 valence electrons. The molecule has 1 saturated heterocycles. The largest absolute Gasteiger partial charge is 0.417 e. The van der Waals surface area contributed by atoms with Gasteiger partial charge < -0.3 is 14.0 Å². The van der Waals surface area contributed by atoms with E-state index in [4.69, 9.17) is 4.98 Å². The lowest BCUT2D eigenvalue weighted by Crippen LogP contribution is -2.48. The van der Waals surface area contributed by atoms with Crippen molar-refractivity contribution in [1.29, 1.82) is 0 Å². The minimum atomic E-state index is -2.99. The van der Waals surface area contributed by atoms with Gasteiger partial charge in [0, 0.05) is 50.6 Å². The molecule has 1 aliphatic rings. The number of piperazine rings is 1. The Morgan fingerprint density at radius 1 is 0.971 bits per heavy atom. The molecule has 0 unspecified atom stereocenters. The number of halogens is 2. The Hall–Kier alpha value is -3.85. The zero-order valence-electron chi connectivity index (χ0n) is 19.3. The van der Waals surface area contributed by atoms with Gasteiger partial charge in [-0.05, 0) is 25.1 Å². The summed E-state index contributed by atoms with van der Waals surface area (Å²) in [6.45, 7) is 2.13. The number of carbonyl (C=O) groups excluding carboxylic acids is 1. The number of hydrogen-bond donors (Lipinski definition) is 0. The maximum absolute atomic E-state index is 12.9. The number of imidazole rings is 1. The van der Waals surface area contributed by atoms with E-state index < -0.39 is 6.61 Å². The molecule has 1 fully saturated rings. The van der Waals surface area contributed by atoms with Gasteiger partial charge in [-0.3, -0.25) is 9.69 Å². The van der Waals surface area contributed by atoms with Gasteiger partial charge in [-0.15, -0.1) is 0 Å². The van der Waals surface area contributed by atoms with E-state index in [1.165, 1.54) is 23.8 Å². The van der Waals surface area contributed by atoms with Gasteiger partial charge in [-0.1, -0.05) is 42.0 Å². The SMILES string of the molecule is Cc1ccc(-c2nc3ccccn3c2CN2CCN(C(=O)c3cccc(OC(F)F)n3)CC2)cc1. The van der Waals surface area contributed by atoms with E-state index in [0.29, 0.717) is 32.7 Å². The van der Waals surface area contributed by atoms with Crippen molar-refractivity contribution >= 4 is 11.6 Å². The van der Waals surface area contributed by atoms with Crippen molar-refractivity contribution in [3.05, 3.63) is 83.8 Å². The molecule has 0 atom stereocenters. The summed E-state index contributed by atoms with van der Waals surface area (Å²) in [4.78, 5) is 25.7. The quantitative estimate of drug-likeness (QED) is 0.415. The monoisotopic (exact) mass is 477 g/mol. The van der Waals surface area contributed by atoms with E-state index in [9.17, 15) is 13.6 Å². The third-order valence-corrected chi connectivity index (χ3v) is 6.14. The Bertz CT molecular complexity index is 1330. The normalized spacial score (nSPS) is 14.6.